The highest BCUT2D eigenvalue weighted by Gasteiger charge is 2.31. The second kappa shape index (κ2) is 6.54. The van der Waals surface area contributed by atoms with Gasteiger partial charge in [-0.2, -0.15) is 0 Å². The molecular formula is C13H22N2O4. The monoisotopic (exact) mass is 270 g/mol. The maximum absolute atomic E-state index is 12.5. The molecule has 0 N–H and O–H groups in total. The summed E-state index contributed by atoms with van der Waals surface area (Å²) in [6.07, 6.45) is 3.14. The fourth-order valence-corrected chi connectivity index (χ4v) is 2.50. The van der Waals surface area contributed by atoms with Crippen molar-refractivity contribution in [3.63, 3.8) is 0 Å². The maximum atomic E-state index is 12.5. The molecule has 0 saturated heterocycles. The molecule has 6 heteroatoms. The normalized spacial score (nSPS) is 19.3. The molecule has 1 unspecified atom stereocenters. The molecular weight excluding hydrogens is 248 g/mol. The van der Waals surface area contributed by atoms with Crippen LogP contribution in [0.4, 0.5) is 0 Å². The van der Waals surface area contributed by atoms with Crippen LogP contribution in [0.15, 0.2) is 11.6 Å². The standard InChI is InChI=1S/C13H22N2O4/c1-9(2)14(10(3)4)13(16)11-7-5-6-8-12(11)19-15(17)18/h7,9-10,12H,5-6,8H2,1-4H3. The first-order valence-corrected chi connectivity index (χ1v) is 6.68. The van der Waals surface area contributed by atoms with Gasteiger partial charge in [-0.1, -0.05) is 6.08 Å². The van der Waals surface area contributed by atoms with Crippen LogP contribution in [0, 0.1) is 10.1 Å². The van der Waals surface area contributed by atoms with Crippen LogP contribution in [-0.4, -0.2) is 34.1 Å². The second-order valence-corrected chi connectivity index (χ2v) is 5.31. The number of hydrogen-bond donors (Lipinski definition) is 0. The molecule has 0 saturated carbocycles. The molecule has 108 valence electrons. The molecule has 0 bridgehead atoms. The quantitative estimate of drug-likeness (QED) is 0.567. The molecule has 0 aliphatic heterocycles. The van der Waals surface area contributed by atoms with E-state index in [1.54, 1.807) is 11.0 Å². The highest BCUT2D eigenvalue weighted by molar-refractivity contribution is 5.95. The third kappa shape index (κ3) is 3.94. The smallest absolute Gasteiger partial charge is 0.295 e. The van der Waals surface area contributed by atoms with Crippen molar-refractivity contribution in [2.75, 3.05) is 0 Å². The van der Waals surface area contributed by atoms with Crippen molar-refractivity contribution in [1.29, 1.82) is 0 Å². The Bertz CT molecular complexity index is 369. The Morgan fingerprint density at radius 2 is 2.00 bits per heavy atom. The van der Waals surface area contributed by atoms with Crippen molar-refractivity contribution >= 4 is 5.91 Å². The summed E-state index contributed by atoms with van der Waals surface area (Å²) in [5, 5.41) is 9.69. The molecule has 1 aliphatic rings. The van der Waals surface area contributed by atoms with Crippen LogP contribution in [0.25, 0.3) is 0 Å². The Morgan fingerprint density at radius 1 is 1.42 bits per heavy atom. The van der Waals surface area contributed by atoms with Gasteiger partial charge in [-0.15, -0.1) is 10.1 Å². The lowest BCUT2D eigenvalue weighted by molar-refractivity contribution is -0.766. The van der Waals surface area contributed by atoms with Crippen LogP contribution in [0.2, 0.25) is 0 Å². The van der Waals surface area contributed by atoms with Crippen LogP contribution in [0.3, 0.4) is 0 Å². The number of allylic oxidation sites excluding steroid dienone is 1. The van der Waals surface area contributed by atoms with Crippen molar-refractivity contribution in [2.45, 2.75) is 65.1 Å². The number of hydrogen-bond acceptors (Lipinski definition) is 4. The van der Waals surface area contributed by atoms with Gasteiger partial charge in [0.15, 0.2) is 0 Å². The van der Waals surface area contributed by atoms with Crippen molar-refractivity contribution in [2.24, 2.45) is 0 Å². The van der Waals surface area contributed by atoms with E-state index < -0.39 is 11.2 Å². The van der Waals surface area contributed by atoms with E-state index in [-0.39, 0.29) is 18.0 Å². The summed E-state index contributed by atoms with van der Waals surface area (Å²) in [5.74, 6) is -0.156. The molecule has 1 amide bonds. The summed E-state index contributed by atoms with van der Waals surface area (Å²) >= 11 is 0. The lowest BCUT2D eigenvalue weighted by Crippen LogP contribution is -2.45. The van der Waals surface area contributed by atoms with Gasteiger partial charge in [0.05, 0.1) is 0 Å². The van der Waals surface area contributed by atoms with E-state index in [4.69, 9.17) is 0 Å². The van der Waals surface area contributed by atoms with Gasteiger partial charge in [0.2, 0.25) is 0 Å². The zero-order valence-electron chi connectivity index (χ0n) is 12.0. The fourth-order valence-electron chi connectivity index (χ4n) is 2.50. The van der Waals surface area contributed by atoms with Crippen LogP contribution in [0.1, 0.15) is 47.0 Å². The first kappa shape index (κ1) is 15.5. The molecule has 1 atom stereocenters. The molecule has 0 spiro atoms. The maximum Gasteiger partial charge on any atom is 0.295 e. The Morgan fingerprint density at radius 3 is 2.47 bits per heavy atom. The van der Waals surface area contributed by atoms with E-state index in [0.717, 1.165) is 12.8 Å². The van der Waals surface area contributed by atoms with Crippen LogP contribution in [-0.2, 0) is 9.63 Å². The largest absolute Gasteiger partial charge is 0.334 e. The zero-order valence-corrected chi connectivity index (χ0v) is 12.0. The van der Waals surface area contributed by atoms with Crippen molar-refractivity contribution < 1.29 is 14.7 Å². The van der Waals surface area contributed by atoms with E-state index in [9.17, 15) is 14.9 Å². The molecule has 6 nitrogen and oxygen atoms in total. The fraction of sp³-hybridized carbons (Fsp3) is 0.769. The predicted molar refractivity (Wildman–Crippen MR) is 70.9 cm³/mol. The molecule has 0 radical (unpaired) electrons. The molecule has 0 aromatic carbocycles. The summed E-state index contributed by atoms with van der Waals surface area (Å²) in [6.45, 7) is 7.74. The molecule has 0 heterocycles. The van der Waals surface area contributed by atoms with E-state index in [0.29, 0.717) is 12.0 Å². The van der Waals surface area contributed by atoms with E-state index in [1.807, 2.05) is 27.7 Å². The predicted octanol–water partition coefficient (Wildman–Crippen LogP) is 2.32. The molecule has 0 aromatic heterocycles. The van der Waals surface area contributed by atoms with Crippen LogP contribution in [0.5, 0.6) is 0 Å². The summed E-state index contributed by atoms with van der Waals surface area (Å²) in [7, 11) is 0. The van der Waals surface area contributed by atoms with Gasteiger partial charge in [-0.3, -0.25) is 4.79 Å². The van der Waals surface area contributed by atoms with Crippen LogP contribution >= 0.6 is 0 Å². The Kier molecular flexibility index (Phi) is 5.32. The summed E-state index contributed by atoms with van der Waals surface area (Å²) < 4.78 is 0. The number of carbonyl (C=O) groups is 1. The van der Waals surface area contributed by atoms with E-state index in [1.165, 1.54) is 0 Å². The Labute approximate surface area is 113 Å². The Hall–Kier alpha value is -1.59. The SMILES string of the molecule is CC(C)N(C(=O)C1=CCCCC1O[N+](=O)[O-])C(C)C. The number of carbonyl (C=O) groups excluding carboxylic acids is 1. The number of amides is 1. The minimum atomic E-state index is -0.813. The summed E-state index contributed by atoms with van der Waals surface area (Å²) in [4.78, 5) is 29.4. The third-order valence-corrected chi connectivity index (χ3v) is 3.19. The molecule has 0 aromatic rings. The average Bonchev–Trinajstić information content (AvgIpc) is 2.27. The molecule has 1 aliphatic carbocycles. The molecule has 19 heavy (non-hydrogen) atoms. The van der Waals surface area contributed by atoms with Gasteiger partial charge in [-0.25, -0.2) is 0 Å². The molecule has 1 rings (SSSR count). The van der Waals surface area contributed by atoms with Gasteiger partial charge in [0, 0.05) is 17.7 Å². The summed E-state index contributed by atoms with van der Waals surface area (Å²) in [6, 6.07) is 0.0955. The average molecular weight is 270 g/mol. The first-order chi connectivity index (χ1) is 8.84. The number of nitrogens with zero attached hydrogens (tertiary/aromatic N) is 2. The van der Waals surface area contributed by atoms with Gasteiger partial charge in [0.1, 0.15) is 6.10 Å². The molecule has 0 fully saturated rings. The van der Waals surface area contributed by atoms with Crippen molar-refractivity contribution in [3.05, 3.63) is 21.8 Å². The number of rotatable bonds is 5. The Balaban J connectivity index is 2.93. The zero-order chi connectivity index (χ0) is 14.6. The summed E-state index contributed by atoms with van der Waals surface area (Å²) in [5.41, 5.74) is 0.422. The van der Waals surface area contributed by atoms with E-state index in [2.05, 4.69) is 4.84 Å². The third-order valence-electron chi connectivity index (χ3n) is 3.19. The minimum absolute atomic E-state index is 0.0478. The highest BCUT2D eigenvalue weighted by Crippen LogP contribution is 2.24. The highest BCUT2D eigenvalue weighted by atomic mass is 17.0. The first-order valence-electron chi connectivity index (χ1n) is 6.68. The van der Waals surface area contributed by atoms with Gasteiger partial charge in [0.25, 0.3) is 11.0 Å². The van der Waals surface area contributed by atoms with E-state index >= 15 is 0 Å². The van der Waals surface area contributed by atoms with Gasteiger partial charge in [-0.05, 0) is 47.0 Å². The topological polar surface area (TPSA) is 72.7 Å². The van der Waals surface area contributed by atoms with Crippen molar-refractivity contribution in [3.8, 4) is 0 Å². The van der Waals surface area contributed by atoms with Gasteiger partial charge < -0.3 is 9.74 Å². The second-order valence-electron chi connectivity index (χ2n) is 5.31. The van der Waals surface area contributed by atoms with Gasteiger partial charge >= 0.3 is 0 Å². The minimum Gasteiger partial charge on any atom is -0.334 e. The van der Waals surface area contributed by atoms with Crippen LogP contribution < -0.4 is 0 Å². The van der Waals surface area contributed by atoms with Crippen molar-refractivity contribution in [1.82, 2.24) is 4.90 Å². The lowest BCUT2D eigenvalue weighted by Gasteiger charge is -2.34. The lowest BCUT2D eigenvalue weighted by atomic mass is 9.94.